The van der Waals surface area contributed by atoms with E-state index in [0.717, 1.165) is 89.7 Å². The molecular weight excluding hydrogens is 713 g/mol. The van der Waals surface area contributed by atoms with E-state index in [-0.39, 0.29) is 29.6 Å². The van der Waals surface area contributed by atoms with E-state index in [1.165, 1.54) is 12.0 Å². The molecule has 0 spiro atoms. The topological polar surface area (TPSA) is 119 Å². The molecule has 0 unspecified atom stereocenters. The Kier molecular flexibility index (Phi) is 9.94. The van der Waals surface area contributed by atoms with Crippen molar-refractivity contribution in [2.24, 2.45) is 0 Å². The van der Waals surface area contributed by atoms with Gasteiger partial charge in [0.1, 0.15) is 5.75 Å². The molecule has 2 aromatic heterocycles. The van der Waals surface area contributed by atoms with E-state index in [9.17, 15) is 18.0 Å². The summed E-state index contributed by atoms with van der Waals surface area (Å²) in [5.41, 5.74) is 7.98. The van der Waals surface area contributed by atoms with Crippen molar-refractivity contribution >= 4 is 44.4 Å². The number of sulfonamides is 1. The Morgan fingerprint density at radius 1 is 0.927 bits per heavy atom. The molecule has 4 aliphatic rings. The van der Waals surface area contributed by atoms with E-state index < -0.39 is 21.2 Å². The molecule has 11 nitrogen and oxygen atoms in total. The first-order valence-electron chi connectivity index (χ1n) is 20.1. The lowest BCUT2D eigenvalue weighted by Crippen LogP contribution is -2.56. The van der Waals surface area contributed by atoms with Crippen LogP contribution in [0.5, 0.6) is 5.75 Å². The van der Waals surface area contributed by atoms with Gasteiger partial charge in [0.05, 0.1) is 48.1 Å². The highest BCUT2D eigenvalue weighted by molar-refractivity contribution is 7.90. The second-order valence-corrected chi connectivity index (χ2v) is 18.8. The van der Waals surface area contributed by atoms with E-state index in [1.807, 2.05) is 23.1 Å². The molecule has 3 fully saturated rings. The SMILES string of the molecule is COc1ccc2c(c1)C=C(c1c(C(=O)N3C[C@@H](C)N(C)[C@@H](C)C3)cnn1C1CCC1)Cn1c-2c(C2CCCCC2)c2ccc(C(=O)NS(=O)(=O)C(C)C)cc21. The molecule has 1 N–H and O–H groups in total. The maximum Gasteiger partial charge on any atom is 0.264 e. The fourth-order valence-electron chi connectivity index (χ4n) is 9.12. The second-order valence-electron chi connectivity index (χ2n) is 16.6. The third-order valence-corrected chi connectivity index (χ3v) is 14.5. The molecule has 55 heavy (non-hydrogen) atoms. The molecule has 2 aliphatic carbocycles. The number of nitrogens with one attached hydrogen (secondary N) is 1. The van der Waals surface area contributed by atoms with Crippen molar-refractivity contribution < 1.29 is 22.7 Å². The Morgan fingerprint density at radius 3 is 2.31 bits per heavy atom. The zero-order chi connectivity index (χ0) is 38.8. The number of hydrogen-bond donors (Lipinski definition) is 1. The Balaban J connectivity index is 1.34. The number of ether oxygens (including phenoxy) is 1. The van der Waals surface area contributed by atoms with Crippen molar-refractivity contribution in [2.75, 3.05) is 27.2 Å². The average Bonchev–Trinajstić information content (AvgIpc) is 3.66. The van der Waals surface area contributed by atoms with Crippen LogP contribution in [0.2, 0.25) is 0 Å². The minimum Gasteiger partial charge on any atom is -0.497 e. The average molecular weight is 767 g/mol. The van der Waals surface area contributed by atoms with Crippen LogP contribution in [0.3, 0.4) is 0 Å². The highest BCUT2D eigenvalue weighted by Crippen LogP contribution is 2.48. The summed E-state index contributed by atoms with van der Waals surface area (Å²) in [5, 5.41) is 5.27. The fourth-order valence-corrected chi connectivity index (χ4v) is 9.73. The van der Waals surface area contributed by atoms with Gasteiger partial charge in [-0.25, -0.2) is 13.1 Å². The number of piperazine rings is 1. The van der Waals surface area contributed by atoms with E-state index in [1.54, 1.807) is 33.2 Å². The summed E-state index contributed by atoms with van der Waals surface area (Å²) in [6, 6.07) is 12.5. The van der Waals surface area contributed by atoms with Crippen LogP contribution in [0.15, 0.2) is 42.6 Å². The van der Waals surface area contributed by atoms with Crippen LogP contribution in [-0.4, -0.2) is 89.0 Å². The molecule has 2 atom stereocenters. The van der Waals surface area contributed by atoms with Crippen molar-refractivity contribution in [3.63, 3.8) is 0 Å². The lowest BCUT2D eigenvalue weighted by Gasteiger charge is -2.42. The predicted molar refractivity (Wildman–Crippen MR) is 217 cm³/mol. The molecule has 0 radical (unpaired) electrons. The van der Waals surface area contributed by atoms with Gasteiger partial charge in [-0.1, -0.05) is 25.3 Å². The van der Waals surface area contributed by atoms with Crippen LogP contribution in [-0.2, 0) is 16.6 Å². The highest BCUT2D eigenvalue weighted by Gasteiger charge is 2.36. The van der Waals surface area contributed by atoms with Crippen LogP contribution >= 0.6 is 0 Å². The van der Waals surface area contributed by atoms with Crippen LogP contribution < -0.4 is 9.46 Å². The quantitative estimate of drug-likeness (QED) is 0.198. The third kappa shape index (κ3) is 6.68. The summed E-state index contributed by atoms with van der Waals surface area (Å²) in [6.45, 7) is 9.16. The molecule has 2 amide bonds. The molecule has 2 aliphatic heterocycles. The Morgan fingerprint density at radius 2 is 1.65 bits per heavy atom. The van der Waals surface area contributed by atoms with Crippen LogP contribution in [0, 0.1) is 0 Å². The molecule has 292 valence electrons. The van der Waals surface area contributed by atoms with E-state index >= 15 is 0 Å². The number of methoxy groups -OCH3 is 1. The van der Waals surface area contributed by atoms with Gasteiger partial charge < -0.3 is 14.2 Å². The zero-order valence-electron chi connectivity index (χ0n) is 33.0. The number of likely N-dealkylation sites (N-methyl/N-ethyl adjacent to an activating group) is 1. The largest absolute Gasteiger partial charge is 0.497 e. The minimum atomic E-state index is -3.84. The lowest BCUT2D eigenvalue weighted by molar-refractivity contribution is 0.0413. The van der Waals surface area contributed by atoms with Crippen LogP contribution in [0.4, 0.5) is 0 Å². The van der Waals surface area contributed by atoms with Gasteiger partial charge in [-0.2, -0.15) is 5.10 Å². The van der Waals surface area contributed by atoms with Crippen LogP contribution in [0.1, 0.15) is 129 Å². The number of rotatable bonds is 8. The van der Waals surface area contributed by atoms with E-state index in [0.29, 0.717) is 31.1 Å². The van der Waals surface area contributed by atoms with Gasteiger partial charge in [-0.15, -0.1) is 0 Å². The molecule has 4 aromatic rings. The Labute approximate surface area is 324 Å². The number of allylic oxidation sites excluding steroid dienone is 1. The standard InChI is InChI=1S/C43H54N6O5S/c1-26(2)55(52,53)45-42(50)30-15-17-36-38(21-30)48-25-32(19-31-20-34(54-6)16-18-35(31)41(48)39(36)29-11-8-7-9-12-29)40-37(22-44-49(40)33-13-10-14-33)43(51)47-23-27(3)46(5)28(4)24-47/h15-22,26-29,33H,7-14,23-25H2,1-6H3,(H,45,50)/t27-,28+. The van der Waals surface area contributed by atoms with Gasteiger partial charge in [0.25, 0.3) is 11.8 Å². The molecule has 4 heterocycles. The summed E-state index contributed by atoms with van der Waals surface area (Å²) in [7, 11) is -0.0332. The summed E-state index contributed by atoms with van der Waals surface area (Å²) < 4.78 is 38.1. The van der Waals surface area contributed by atoms with Crippen molar-refractivity contribution in [1.29, 1.82) is 0 Å². The molecule has 2 saturated carbocycles. The lowest BCUT2D eigenvalue weighted by atomic mass is 9.81. The molecule has 2 aromatic carbocycles. The maximum absolute atomic E-state index is 14.7. The number of fused-ring (bicyclic) bond motifs is 5. The number of benzene rings is 2. The number of hydrogen-bond acceptors (Lipinski definition) is 7. The monoisotopic (exact) mass is 766 g/mol. The van der Waals surface area contributed by atoms with Crippen LogP contribution in [0.25, 0.3) is 33.8 Å². The van der Waals surface area contributed by atoms with E-state index in [2.05, 4.69) is 58.0 Å². The highest BCUT2D eigenvalue weighted by atomic mass is 32.2. The number of carbonyl (C=O) groups is 2. The number of aromatic nitrogens is 3. The van der Waals surface area contributed by atoms with E-state index in [4.69, 9.17) is 9.84 Å². The van der Waals surface area contributed by atoms with Gasteiger partial charge in [0.15, 0.2) is 0 Å². The smallest absolute Gasteiger partial charge is 0.264 e. The summed E-state index contributed by atoms with van der Waals surface area (Å²) >= 11 is 0. The predicted octanol–water partition coefficient (Wildman–Crippen LogP) is 7.47. The Bertz CT molecular complexity index is 2280. The van der Waals surface area contributed by atoms with Crippen molar-refractivity contribution in [2.45, 2.75) is 115 Å². The van der Waals surface area contributed by atoms with Crippen molar-refractivity contribution in [3.8, 4) is 17.0 Å². The molecule has 0 bridgehead atoms. The third-order valence-electron chi connectivity index (χ3n) is 12.8. The molecule has 1 saturated heterocycles. The number of amides is 2. The molecule has 12 heteroatoms. The summed E-state index contributed by atoms with van der Waals surface area (Å²) in [6.07, 6.45) is 12.8. The molecular formula is C43H54N6O5S. The van der Waals surface area contributed by atoms with Gasteiger partial charge >= 0.3 is 0 Å². The number of carbonyl (C=O) groups excluding carboxylic acids is 2. The Hall–Kier alpha value is -4.42. The van der Waals surface area contributed by atoms with Gasteiger partial charge in [-0.05, 0) is 126 Å². The van der Waals surface area contributed by atoms with Gasteiger partial charge in [0.2, 0.25) is 10.0 Å². The first-order chi connectivity index (χ1) is 26.4. The van der Waals surface area contributed by atoms with Gasteiger partial charge in [0, 0.05) is 47.2 Å². The second kappa shape index (κ2) is 14.6. The number of nitrogens with zero attached hydrogens (tertiary/aromatic N) is 5. The molecule has 8 rings (SSSR count). The summed E-state index contributed by atoms with van der Waals surface area (Å²) in [5.74, 6) is 0.414. The first kappa shape index (κ1) is 37.5. The maximum atomic E-state index is 14.7. The van der Waals surface area contributed by atoms with Crippen molar-refractivity contribution in [1.82, 2.24) is 28.9 Å². The van der Waals surface area contributed by atoms with Crippen molar-refractivity contribution in [3.05, 3.63) is 70.5 Å². The zero-order valence-corrected chi connectivity index (χ0v) is 33.8. The fraction of sp³-hybridized carbons (Fsp3) is 0.512. The normalized spacial score (nSPS) is 21.1. The van der Waals surface area contributed by atoms with Gasteiger partial charge in [-0.3, -0.25) is 19.2 Å². The first-order valence-corrected chi connectivity index (χ1v) is 21.6. The summed E-state index contributed by atoms with van der Waals surface area (Å²) in [4.78, 5) is 32.6. The minimum absolute atomic E-state index is 0.00538.